The van der Waals surface area contributed by atoms with Gasteiger partial charge in [0.1, 0.15) is 12.4 Å². The first-order valence-corrected chi connectivity index (χ1v) is 9.11. The van der Waals surface area contributed by atoms with Gasteiger partial charge in [-0.1, -0.05) is 29.8 Å². The summed E-state index contributed by atoms with van der Waals surface area (Å²) in [5, 5.41) is 6.25. The summed E-state index contributed by atoms with van der Waals surface area (Å²) in [6, 6.07) is 14.6. The molecule has 0 radical (unpaired) electrons. The van der Waals surface area contributed by atoms with E-state index in [-0.39, 0.29) is 23.7 Å². The Bertz CT molecular complexity index is 818. The number of ether oxygens (including phenoxy) is 1. The van der Waals surface area contributed by atoms with Crippen molar-refractivity contribution in [2.45, 2.75) is 13.0 Å². The van der Waals surface area contributed by atoms with Gasteiger partial charge in [0.25, 0.3) is 0 Å². The van der Waals surface area contributed by atoms with Crippen LogP contribution in [0.15, 0.2) is 61.2 Å². The molecule has 0 heterocycles. The van der Waals surface area contributed by atoms with Gasteiger partial charge in [-0.2, -0.15) is 0 Å². The zero-order valence-electron chi connectivity index (χ0n) is 14.8. The summed E-state index contributed by atoms with van der Waals surface area (Å²) in [6.45, 7) is 4.41. The standard InChI is InChI=1S/C21H21ClN2O3/c1-2-11-23-20(25)18-12-19(18)21(26)24-16-7-9-17(10-8-16)27-13-14-3-5-15(22)6-4-14/h2-10,18-19H,1,11-13H2,(H,23,25)(H,24,26). The van der Waals surface area contributed by atoms with E-state index in [1.807, 2.05) is 24.3 Å². The predicted octanol–water partition coefficient (Wildman–Crippen LogP) is 3.80. The lowest BCUT2D eigenvalue weighted by molar-refractivity contribution is -0.125. The minimum absolute atomic E-state index is 0.0963. The van der Waals surface area contributed by atoms with Gasteiger partial charge in [-0.15, -0.1) is 6.58 Å². The fourth-order valence-corrected chi connectivity index (χ4v) is 2.82. The molecule has 5 nitrogen and oxygen atoms in total. The summed E-state index contributed by atoms with van der Waals surface area (Å²) < 4.78 is 5.72. The van der Waals surface area contributed by atoms with Crippen molar-refractivity contribution in [3.8, 4) is 5.75 Å². The van der Waals surface area contributed by atoms with E-state index in [2.05, 4.69) is 17.2 Å². The van der Waals surface area contributed by atoms with Gasteiger partial charge < -0.3 is 15.4 Å². The molecule has 2 aromatic carbocycles. The number of rotatable bonds is 8. The van der Waals surface area contributed by atoms with Crippen molar-refractivity contribution in [3.05, 3.63) is 71.8 Å². The average Bonchev–Trinajstić information content (AvgIpc) is 3.48. The van der Waals surface area contributed by atoms with Crippen LogP contribution in [0.4, 0.5) is 5.69 Å². The smallest absolute Gasteiger partial charge is 0.228 e. The second kappa shape index (κ2) is 8.73. The molecule has 0 aliphatic heterocycles. The first kappa shape index (κ1) is 19.0. The Kier molecular flexibility index (Phi) is 6.14. The molecule has 2 aromatic rings. The SMILES string of the molecule is C=CCNC(=O)C1CC1C(=O)Nc1ccc(OCc2ccc(Cl)cc2)cc1. The minimum Gasteiger partial charge on any atom is -0.489 e. The van der Waals surface area contributed by atoms with Gasteiger partial charge in [-0.3, -0.25) is 9.59 Å². The number of hydrogen-bond donors (Lipinski definition) is 2. The van der Waals surface area contributed by atoms with Crippen molar-refractivity contribution >= 4 is 29.1 Å². The van der Waals surface area contributed by atoms with Crippen LogP contribution in [0.3, 0.4) is 0 Å². The van der Waals surface area contributed by atoms with Crippen LogP contribution in [0.5, 0.6) is 5.75 Å². The number of halogens is 1. The molecule has 2 N–H and O–H groups in total. The van der Waals surface area contributed by atoms with E-state index in [0.29, 0.717) is 36.0 Å². The summed E-state index contributed by atoms with van der Waals surface area (Å²) in [6.07, 6.45) is 2.20. The molecular formula is C21H21ClN2O3. The largest absolute Gasteiger partial charge is 0.489 e. The lowest BCUT2D eigenvalue weighted by atomic mass is 10.2. The quantitative estimate of drug-likeness (QED) is 0.680. The van der Waals surface area contributed by atoms with E-state index in [1.54, 1.807) is 30.3 Å². The number of carbonyl (C=O) groups is 2. The third-order valence-electron chi connectivity index (χ3n) is 4.33. The van der Waals surface area contributed by atoms with E-state index in [4.69, 9.17) is 16.3 Å². The molecule has 0 aromatic heterocycles. The van der Waals surface area contributed by atoms with Crippen LogP contribution in [0.2, 0.25) is 5.02 Å². The van der Waals surface area contributed by atoms with Crippen LogP contribution >= 0.6 is 11.6 Å². The summed E-state index contributed by atoms with van der Waals surface area (Å²) in [5.41, 5.74) is 1.70. The first-order valence-electron chi connectivity index (χ1n) is 8.73. The lowest BCUT2D eigenvalue weighted by Gasteiger charge is -2.09. The zero-order chi connectivity index (χ0) is 19.2. The van der Waals surface area contributed by atoms with Crippen LogP contribution in [-0.4, -0.2) is 18.4 Å². The molecule has 3 rings (SSSR count). The second-order valence-corrected chi connectivity index (χ2v) is 6.85. The molecule has 0 spiro atoms. The molecular weight excluding hydrogens is 364 g/mol. The van der Waals surface area contributed by atoms with Crippen LogP contribution in [0.1, 0.15) is 12.0 Å². The molecule has 1 aliphatic rings. The van der Waals surface area contributed by atoms with Gasteiger partial charge in [0.2, 0.25) is 11.8 Å². The van der Waals surface area contributed by atoms with Crippen LogP contribution < -0.4 is 15.4 Å². The monoisotopic (exact) mass is 384 g/mol. The molecule has 6 heteroatoms. The normalized spacial score (nSPS) is 17.7. The number of amides is 2. The Morgan fingerprint density at radius 3 is 2.41 bits per heavy atom. The van der Waals surface area contributed by atoms with Crippen molar-refractivity contribution in [2.24, 2.45) is 11.8 Å². The topological polar surface area (TPSA) is 67.4 Å². The Hall–Kier alpha value is -2.79. The Labute approximate surface area is 163 Å². The zero-order valence-corrected chi connectivity index (χ0v) is 15.5. The molecule has 1 fully saturated rings. The maximum absolute atomic E-state index is 12.2. The highest BCUT2D eigenvalue weighted by molar-refractivity contribution is 6.30. The average molecular weight is 385 g/mol. The fraction of sp³-hybridized carbons (Fsp3) is 0.238. The third-order valence-corrected chi connectivity index (χ3v) is 4.58. The highest BCUT2D eigenvalue weighted by Crippen LogP contribution is 2.39. The lowest BCUT2D eigenvalue weighted by Crippen LogP contribution is -2.27. The van der Waals surface area contributed by atoms with E-state index < -0.39 is 0 Å². The van der Waals surface area contributed by atoms with Gasteiger partial charge in [-0.25, -0.2) is 0 Å². The van der Waals surface area contributed by atoms with Crippen LogP contribution in [0, 0.1) is 11.8 Å². The van der Waals surface area contributed by atoms with Gasteiger partial charge in [0, 0.05) is 17.3 Å². The molecule has 1 saturated carbocycles. The number of benzene rings is 2. The highest BCUT2D eigenvalue weighted by Gasteiger charge is 2.47. The van der Waals surface area contributed by atoms with Crippen molar-refractivity contribution in [3.63, 3.8) is 0 Å². The summed E-state index contributed by atoms with van der Waals surface area (Å²) >= 11 is 5.86. The predicted molar refractivity (Wildman–Crippen MR) is 106 cm³/mol. The maximum Gasteiger partial charge on any atom is 0.228 e. The first-order chi connectivity index (χ1) is 13.1. The van der Waals surface area contributed by atoms with Gasteiger partial charge in [0.05, 0.1) is 11.8 Å². The third kappa shape index (κ3) is 5.34. The van der Waals surface area contributed by atoms with Crippen molar-refractivity contribution in [1.82, 2.24) is 5.32 Å². The molecule has 2 amide bonds. The molecule has 140 valence electrons. The summed E-state index contributed by atoms with van der Waals surface area (Å²) in [4.78, 5) is 24.1. The Morgan fingerprint density at radius 1 is 1.07 bits per heavy atom. The van der Waals surface area contributed by atoms with Crippen LogP contribution in [-0.2, 0) is 16.2 Å². The van der Waals surface area contributed by atoms with Crippen molar-refractivity contribution < 1.29 is 14.3 Å². The van der Waals surface area contributed by atoms with E-state index in [1.165, 1.54) is 0 Å². The number of carbonyl (C=O) groups excluding carboxylic acids is 2. The van der Waals surface area contributed by atoms with Gasteiger partial charge in [-0.05, 0) is 48.4 Å². The summed E-state index contributed by atoms with van der Waals surface area (Å²) in [7, 11) is 0. The van der Waals surface area contributed by atoms with E-state index in [9.17, 15) is 9.59 Å². The maximum atomic E-state index is 12.2. The van der Waals surface area contributed by atoms with Crippen LogP contribution in [0.25, 0.3) is 0 Å². The molecule has 27 heavy (non-hydrogen) atoms. The second-order valence-electron chi connectivity index (χ2n) is 6.41. The van der Waals surface area contributed by atoms with Gasteiger partial charge >= 0.3 is 0 Å². The summed E-state index contributed by atoms with van der Waals surface area (Å²) in [5.74, 6) is -0.0387. The number of anilines is 1. The number of nitrogens with one attached hydrogen (secondary N) is 2. The molecule has 2 unspecified atom stereocenters. The Morgan fingerprint density at radius 2 is 1.74 bits per heavy atom. The van der Waals surface area contributed by atoms with E-state index in [0.717, 1.165) is 5.56 Å². The van der Waals surface area contributed by atoms with Gasteiger partial charge in [0.15, 0.2) is 0 Å². The number of hydrogen-bond acceptors (Lipinski definition) is 3. The molecule has 0 bridgehead atoms. The fourth-order valence-electron chi connectivity index (χ4n) is 2.70. The van der Waals surface area contributed by atoms with Crippen molar-refractivity contribution in [2.75, 3.05) is 11.9 Å². The molecule has 1 aliphatic carbocycles. The minimum atomic E-state index is -0.268. The highest BCUT2D eigenvalue weighted by atomic mass is 35.5. The van der Waals surface area contributed by atoms with E-state index >= 15 is 0 Å². The molecule has 0 saturated heterocycles. The Balaban J connectivity index is 1.46. The molecule has 2 atom stereocenters. The van der Waals surface area contributed by atoms with Crippen molar-refractivity contribution in [1.29, 1.82) is 0 Å².